The summed E-state index contributed by atoms with van der Waals surface area (Å²) < 4.78 is 0. The summed E-state index contributed by atoms with van der Waals surface area (Å²) in [4.78, 5) is 261. The van der Waals surface area contributed by atoms with E-state index in [1.807, 2.05) is 46.8 Å². The first-order valence-corrected chi connectivity index (χ1v) is 47.0. The maximum absolute atomic E-state index is 15.7. The molecule has 15 atom stereocenters. The van der Waals surface area contributed by atoms with Gasteiger partial charge in [0.25, 0.3) is 0 Å². The number of unbranched alkanes of at least 4 members (excludes halogenated alkanes) is 2. The molecule has 0 saturated carbocycles. The number of amides is 17. The Morgan fingerprint density at radius 1 is 0.548 bits per heavy atom. The number of para-hydroxylation sites is 2. The van der Waals surface area contributed by atoms with Crippen molar-refractivity contribution in [2.45, 2.75) is 254 Å². The molecule has 8 rings (SSSR count). The predicted octanol–water partition coefficient (Wildman–Crippen LogP) is -2.34. The molecule has 738 valence electrons. The fourth-order valence-corrected chi connectivity index (χ4v) is 17.6. The molecule has 42 nitrogen and oxygen atoms in total. The fourth-order valence-electron chi connectivity index (χ4n) is 16.7. The molecule has 43 heteroatoms. The number of carbonyl (C=O) groups is 17. The van der Waals surface area contributed by atoms with E-state index in [0.717, 1.165) is 41.8 Å². The molecule has 2 unspecified atom stereocenters. The van der Waals surface area contributed by atoms with Crippen molar-refractivity contribution < 1.29 is 91.7 Å². The van der Waals surface area contributed by atoms with Crippen molar-refractivity contribution in [2.75, 3.05) is 72.0 Å². The van der Waals surface area contributed by atoms with Gasteiger partial charge in [-0.25, -0.2) is 0 Å². The highest BCUT2D eigenvalue weighted by Gasteiger charge is 2.47. The summed E-state index contributed by atoms with van der Waals surface area (Å²) in [5.74, 6) is -17.6. The Morgan fingerprint density at radius 2 is 1.07 bits per heavy atom. The van der Waals surface area contributed by atoms with Gasteiger partial charge in [-0.05, 0) is 97.6 Å². The van der Waals surface area contributed by atoms with Crippen molar-refractivity contribution in [3.05, 3.63) is 107 Å². The quantitative estimate of drug-likeness (QED) is 0.0165. The van der Waals surface area contributed by atoms with E-state index in [1.54, 1.807) is 86.9 Å². The first kappa shape index (κ1) is 108. The number of hydrogen-bond donors (Lipinski definition) is 20. The first-order chi connectivity index (χ1) is 64.0. The van der Waals surface area contributed by atoms with E-state index in [0.29, 0.717) is 64.2 Å². The second-order valence-electron chi connectivity index (χ2n) is 36.2. The number of rotatable bonds is 25. The maximum Gasteiger partial charge on any atom is 0.246 e. The molecule has 24 N–H and O–H groups in total. The number of hydrogen-bond acceptors (Lipinski definition) is 22. The van der Waals surface area contributed by atoms with Crippen molar-refractivity contribution in [3.8, 4) is 0 Å². The predicted molar refractivity (Wildman–Crippen MR) is 504 cm³/mol. The van der Waals surface area contributed by atoms with E-state index >= 15 is 43.2 Å². The van der Waals surface area contributed by atoms with Crippen LogP contribution in [0.2, 0.25) is 0 Å². The van der Waals surface area contributed by atoms with Gasteiger partial charge in [-0.15, -0.1) is 11.8 Å². The Morgan fingerprint density at radius 3 is 1.65 bits per heavy atom. The molecule has 0 radical (unpaired) electrons. The van der Waals surface area contributed by atoms with Crippen LogP contribution in [0.15, 0.2) is 85.2 Å². The number of benzene rings is 3. The van der Waals surface area contributed by atoms with Gasteiger partial charge in [0, 0.05) is 113 Å². The number of aromatic nitrogens is 2. The standard InChI is InChI=1S/C92H135N23O19S/c1-12-14-27-70-83(127)103-61(26-20-34-98-91(96)97)79(123)110-69(78(122)101-45-75(95)119)48-135-49-76(120)102-64(37-52-30-32-55(33-31-52)92(6,7)8)86(130)111(9)51(5)77(121)105-66(41-74(94)118)88(132)114-35-21-29-71(114)84(128)108-67(42-93)81(125)106-63(36-50(3)4)89(133)115-46-56(117)40-73(115)85(129)104-62(38-53-43-99-59-24-18-16-22-57(53)59)80(124)109-68(47-116)82(126)107-65(39-54-44-100-60-25-19-17-23-58(54)60)87(131)113(11)72(28-15-13-2)90(134)112(70)10/h16-19,22-25,30-33,43-44,50-51,56,61-73,99-100,116-117H,12-15,20-21,26-29,34-42,45-49,93H2,1-11H3,(H2,94,118)(H2,95,119)(H,101,122)(H,102,120)(H,103,127)(H,104,129)(H,105,121)(H,106,125)(H,107,126)(H,108,128)(H,109,124)(H,110,123)(H4,96,97,98)/t51-,56+,61-,62-,63-,64-,65-,66?,67-,68-,69-,70-,71-,72-,73?/m0/s1. The van der Waals surface area contributed by atoms with Crippen LogP contribution in [0.5, 0.6) is 0 Å². The van der Waals surface area contributed by atoms with Gasteiger partial charge in [0.05, 0.1) is 31.4 Å². The monoisotopic (exact) mass is 1900 g/mol. The molecule has 135 heavy (non-hydrogen) atoms. The van der Waals surface area contributed by atoms with E-state index in [-0.39, 0.29) is 95.1 Å². The third kappa shape index (κ3) is 30.1. The number of carbonyl (C=O) groups excluding carboxylic acids is 17. The minimum Gasteiger partial charge on any atom is -0.394 e. The lowest BCUT2D eigenvalue weighted by Gasteiger charge is -2.36. The molecule has 17 amide bonds. The molecule has 0 bridgehead atoms. The number of nitrogens with two attached hydrogens (primary N) is 4. The molecule has 2 aromatic heterocycles. The smallest absolute Gasteiger partial charge is 0.246 e. The van der Waals surface area contributed by atoms with E-state index in [2.05, 4.69) is 68.5 Å². The molecule has 3 aliphatic heterocycles. The normalized spacial score (nSPS) is 24.9. The molecule has 3 fully saturated rings. The van der Waals surface area contributed by atoms with Crippen LogP contribution in [0.3, 0.4) is 0 Å². The molecule has 0 spiro atoms. The Bertz CT molecular complexity index is 5060. The highest BCUT2D eigenvalue weighted by Crippen LogP contribution is 2.29. The Kier molecular flexibility index (Phi) is 40.3. The molecule has 3 saturated heterocycles. The van der Waals surface area contributed by atoms with Crippen molar-refractivity contribution in [2.24, 2.45) is 28.9 Å². The summed E-state index contributed by atoms with van der Waals surface area (Å²) >= 11 is 0.794. The minimum atomic E-state index is -1.89. The van der Waals surface area contributed by atoms with E-state index in [9.17, 15) is 48.6 Å². The highest BCUT2D eigenvalue weighted by molar-refractivity contribution is 8.00. The van der Waals surface area contributed by atoms with Gasteiger partial charge in [0.15, 0.2) is 5.96 Å². The van der Waals surface area contributed by atoms with E-state index < -0.39 is 241 Å². The number of fused-ring (bicyclic) bond motifs is 4. The lowest BCUT2D eigenvalue weighted by Crippen LogP contribution is -2.62. The van der Waals surface area contributed by atoms with Gasteiger partial charge in [-0.1, -0.05) is 135 Å². The molecule has 0 aliphatic carbocycles. The van der Waals surface area contributed by atoms with Crippen molar-refractivity contribution in [1.82, 2.24) is 93.0 Å². The number of guanidine groups is 1. The summed E-state index contributed by atoms with van der Waals surface area (Å²) in [6, 6.07) is -0.414. The maximum atomic E-state index is 15.7. The van der Waals surface area contributed by atoms with Crippen molar-refractivity contribution in [1.29, 1.82) is 5.41 Å². The average Bonchev–Trinajstić information content (AvgIpc) is 1.71. The second kappa shape index (κ2) is 50.5. The number of nitrogens with one attached hydrogen (secondary N) is 14. The van der Waals surface area contributed by atoms with Crippen molar-refractivity contribution >= 4 is 140 Å². The zero-order valence-electron chi connectivity index (χ0n) is 78.6. The molecule has 5 aromatic rings. The van der Waals surface area contributed by atoms with Crippen LogP contribution in [0.25, 0.3) is 21.8 Å². The van der Waals surface area contributed by atoms with Crippen LogP contribution in [-0.2, 0) is 106 Å². The average molecular weight is 1900 g/mol. The van der Waals surface area contributed by atoms with Gasteiger partial charge >= 0.3 is 0 Å². The van der Waals surface area contributed by atoms with Gasteiger partial charge in [0.2, 0.25) is 100 Å². The Balaban J connectivity index is 1.20. The van der Waals surface area contributed by atoms with Gasteiger partial charge in [-0.2, -0.15) is 0 Å². The summed E-state index contributed by atoms with van der Waals surface area (Å²) in [5, 5.41) is 60.7. The largest absolute Gasteiger partial charge is 0.394 e. The fraction of sp³-hybridized carbons (Fsp3) is 0.565. The number of likely N-dealkylation sites (N-methyl/N-ethyl adjacent to an activating group) is 3. The van der Waals surface area contributed by atoms with Crippen LogP contribution in [0.4, 0.5) is 0 Å². The van der Waals surface area contributed by atoms with Crippen LogP contribution in [0.1, 0.15) is 161 Å². The summed E-state index contributed by atoms with van der Waals surface area (Å²) in [6.07, 6.45) is 1.51. The first-order valence-electron chi connectivity index (χ1n) is 45.8. The lowest BCUT2D eigenvalue weighted by atomic mass is 9.86. The molecular weight excluding hydrogens is 1760 g/mol. The SMILES string of the molecule is CCCC[C@H]1C(=O)N(C)[C@@H](CCCC)C(=O)N[C@@H](CCCNC(=N)N)C(=O)N[C@H](C(=O)NCC(N)=O)CSCC(=O)N[C@@H](Cc2ccc(C(C)(C)C)cc2)C(=O)N(C)[C@@H](C)C(=O)NC(CC(N)=O)C(=O)N2CCC[C@H]2C(=O)N[C@@H](CN)C(=O)N[C@@H](CC(C)C)C(=O)N2C[C@H](O)CC2C(=O)N[C@@H](Cc2c[nH]c3ccccc23)C(=O)N[C@@H](CO)C(=O)N[C@@H](Cc2c[nH]c3ccccc23)C(=O)N1C. The third-order valence-corrected chi connectivity index (χ3v) is 25.5. The molecular formula is C92H135N23O19S. The zero-order chi connectivity index (χ0) is 99.4. The van der Waals surface area contributed by atoms with Gasteiger partial charge in [0.1, 0.15) is 84.6 Å². The zero-order valence-corrected chi connectivity index (χ0v) is 79.4. The topological polar surface area (TPSA) is 639 Å². The van der Waals surface area contributed by atoms with Crippen LogP contribution in [0, 0.1) is 11.3 Å². The number of H-pyrrole nitrogens is 2. The number of thioether (sulfide) groups is 1. The van der Waals surface area contributed by atoms with Crippen LogP contribution < -0.4 is 81.4 Å². The van der Waals surface area contributed by atoms with Crippen LogP contribution >= 0.6 is 11.8 Å². The number of aliphatic hydroxyl groups is 2. The third-order valence-electron chi connectivity index (χ3n) is 24.5. The number of primary amides is 2. The Labute approximate surface area is 788 Å². The molecule has 3 aromatic carbocycles. The summed E-state index contributed by atoms with van der Waals surface area (Å²) in [5.41, 5.74) is 26.5. The van der Waals surface area contributed by atoms with Gasteiger partial charge in [-0.3, -0.25) is 86.9 Å². The lowest BCUT2D eigenvalue weighted by molar-refractivity contribution is -0.149. The number of aliphatic hydroxyl groups excluding tert-OH is 2. The number of aromatic amines is 2. The Hall–Kier alpha value is -12.8. The highest BCUT2D eigenvalue weighted by atomic mass is 32.2. The van der Waals surface area contributed by atoms with E-state index in [4.69, 9.17) is 28.3 Å². The van der Waals surface area contributed by atoms with Gasteiger partial charge < -0.3 is 126 Å². The molecule has 5 heterocycles. The molecule has 3 aliphatic rings. The summed E-state index contributed by atoms with van der Waals surface area (Å²) in [7, 11) is 3.96. The second-order valence-corrected chi connectivity index (χ2v) is 37.2. The summed E-state index contributed by atoms with van der Waals surface area (Å²) in [6.45, 7) is 11.5. The number of nitrogens with zero attached hydrogens (tertiary/aromatic N) is 5. The van der Waals surface area contributed by atoms with Crippen molar-refractivity contribution in [3.63, 3.8) is 0 Å². The van der Waals surface area contributed by atoms with E-state index in [1.165, 1.54) is 28.1 Å². The van der Waals surface area contributed by atoms with Crippen LogP contribution in [-0.4, -0.2) is 314 Å². The minimum absolute atomic E-state index is 0.00519.